The summed E-state index contributed by atoms with van der Waals surface area (Å²) >= 11 is 6.23. The van der Waals surface area contributed by atoms with Gasteiger partial charge < -0.3 is 5.11 Å². The van der Waals surface area contributed by atoms with E-state index in [2.05, 4.69) is 6.07 Å². The first-order valence-electron chi connectivity index (χ1n) is 4.85. The molecule has 1 atom stereocenters. The highest BCUT2D eigenvalue weighted by atomic mass is 35.5. The molecule has 0 heterocycles. The molecule has 1 aliphatic rings. The van der Waals surface area contributed by atoms with Gasteiger partial charge in [0.2, 0.25) is 0 Å². The van der Waals surface area contributed by atoms with Crippen molar-refractivity contribution in [1.29, 1.82) is 0 Å². The van der Waals surface area contributed by atoms with E-state index in [0.717, 1.165) is 29.0 Å². The highest BCUT2D eigenvalue weighted by Gasteiger charge is 2.19. The molecule has 0 bridgehead atoms. The van der Waals surface area contributed by atoms with E-state index < -0.39 is 6.10 Å². The Labute approximate surface area is 89.0 Å². The van der Waals surface area contributed by atoms with Gasteiger partial charge in [0.05, 0.1) is 6.10 Å². The number of aliphatic hydroxyl groups is 1. The maximum Gasteiger partial charge on any atom is 0.0739 e. The lowest BCUT2D eigenvalue weighted by molar-refractivity contribution is 0.227. The highest BCUT2D eigenvalue weighted by molar-refractivity contribution is 6.49. The van der Waals surface area contributed by atoms with Crippen molar-refractivity contribution in [3.05, 3.63) is 41.0 Å². The molecule has 0 aliphatic heterocycles. The summed E-state index contributed by atoms with van der Waals surface area (Å²) in [4.78, 5) is 0. The van der Waals surface area contributed by atoms with Crippen molar-refractivity contribution >= 4 is 16.6 Å². The molecule has 0 fully saturated rings. The van der Waals surface area contributed by atoms with E-state index in [1.165, 1.54) is 5.56 Å². The van der Waals surface area contributed by atoms with Crippen molar-refractivity contribution in [2.75, 3.05) is 0 Å². The van der Waals surface area contributed by atoms with E-state index >= 15 is 0 Å². The van der Waals surface area contributed by atoms with Gasteiger partial charge in [0.25, 0.3) is 0 Å². The molecule has 0 saturated heterocycles. The monoisotopic (exact) mass is 208 g/mol. The van der Waals surface area contributed by atoms with Crippen molar-refractivity contribution in [1.82, 2.24) is 0 Å². The third kappa shape index (κ3) is 1.58. The van der Waals surface area contributed by atoms with Crippen LogP contribution in [-0.2, 0) is 6.42 Å². The van der Waals surface area contributed by atoms with Gasteiger partial charge in [0.1, 0.15) is 0 Å². The fourth-order valence-electron chi connectivity index (χ4n) is 1.90. The Morgan fingerprint density at radius 3 is 2.71 bits per heavy atom. The summed E-state index contributed by atoms with van der Waals surface area (Å²) in [5.74, 6) is 0. The van der Waals surface area contributed by atoms with E-state index in [4.69, 9.17) is 11.6 Å². The summed E-state index contributed by atoms with van der Waals surface area (Å²) in [5, 5.41) is 10.3. The van der Waals surface area contributed by atoms with E-state index in [0.29, 0.717) is 0 Å². The van der Waals surface area contributed by atoms with Crippen LogP contribution in [0.25, 0.3) is 5.03 Å². The fourth-order valence-corrected chi connectivity index (χ4v) is 2.33. The summed E-state index contributed by atoms with van der Waals surface area (Å²) in [6.45, 7) is 1.77. The molecular formula is C12H13ClO. The van der Waals surface area contributed by atoms with Crippen LogP contribution in [0, 0.1) is 0 Å². The lowest BCUT2D eigenvalue weighted by atomic mass is 9.90. The Kier molecular flexibility index (Phi) is 2.62. The minimum absolute atomic E-state index is 0.434. The van der Waals surface area contributed by atoms with Crippen LogP contribution < -0.4 is 0 Å². The quantitative estimate of drug-likeness (QED) is 0.753. The Morgan fingerprint density at radius 2 is 2.00 bits per heavy atom. The predicted molar refractivity (Wildman–Crippen MR) is 59.2 cm³/mol. The summed E-state index contributed by atoms with van der Waals surface area (Å²) < 4.78 is 0. The number of aliphatic hydroxyl groups excluding tert-OH is 1. The van der Waals surface area contributed by atoms with Crippen LogP contribution in [0.4, 0.5) is 0 Å². The van der Waals surface area contributed by atoms with E-state index in [-0.39, 0.29) is 0 Å². The van der Waals surface area contributed by atoms with Crippen LogP contribution in [0.5, 0.6) is 0 Å². The second kappa shape index (κ2) is 3.76. The SMILES string of the molecule is CC(O)C1=C(Cl)c2ccccc2CC1. The molecule has 1 unspecified atom stereocenters. The highest BCUT2D eigenvalue weighted by Crippen LogP contribution is 2.35. The van der Waals surface area contributed by atoms with Gasteiger partial charge in [-0.2, -0.15) is 0 Å². The summed E-state index contributed by atoms with van der Waals surface area (Å²) in [7, 11) is 0. The molecule has 1 N–H and O–H groups in total. The second-order valence-electron chi connectivity index (χ2n) is 3.67. The van der Waals surface area contributed by atoms with Gasteiger partial charge >= 0.3 is 0 Å². The fraction of sp³-hybridized carbons (Fsp3) is 0.333. The van der Waals surface area contributed by atoms with Crippen molar-refractivity contribution in [2.24, 2.45) is 0 Å². The van der Waals surface area contributed by atoms with Crippen LogP contribution in [0.2, 0.25) is 0 Å². The zero-order valence-electron chi connectivity index (χ0n) is 8.13. The van der Waals surface area contributed by atoms with Crippen LogP contribution >= 0.6 is 11.6 Å². The van der Waals surface area contributed by atoms with Gasteiger partial charge in [-0.05, 0) is 36.5 Å². The number of halogens is 1. The molecule has 0 amide bonds. The summed E-state index contributed by atoms with van der Waals surface area (Å²) in [6.07, 6.45) is 1.41. The Hall–Kier alpha value is -0.790. The van der Waals surface area contributed by atoms with Crippen LogP contribution in [0.3, 0.4) is 0 Å². The smallest absolute Gasteiger partial charge is 0.0739 e. The third-order valence-corrected chi connectivity index (χ3v) is 3.15. The third-order valence-electron chi connectivity index (χ3n) is 2.70. The van der Waals surface area contributed by atoms with Crippen LogP contribution in [0.15, 0.2) is 29.8 Å². The number of fused-ring (bicyclic) bond motifs is 1. The van der Waals surface area contributed by atoms with Gasteiger partial charge in [0.15, 0.2) is 0 Å². The molecule has 0 aromatic heterocycles. The van der Waals surface area contributed by atoms with Crippen molar-refractivity contribution in [2.45, 2.75) is 25.9 Å². The number of benzene rings is 1. The normalized spacial score (nSPS) is 17.9. The Morgan fingerprint density at radius 1 is 1.29 bits per heavy atom. The summed E-state index contributed by atoms with van der Waals surface area (Å²) in [5.41, 5.74) is 3.32. The molecule has 0 spiro atoms. The standard InChI is InChI=1S/C12H13ClO/c1-8(14)10-7-6-9-4-2-3-5-11(9)12(10)13/h2-5,8,14H,6-7H2,1H3. The number of hydrogen-bond acceptors (Lipinski definition) is 1. The lowest BCUT2D eigenvalue weighted by Crippen LogP contribution is -2.12. The van der Waals surface area contributed by atoms with E-state index in [9.17, 15) is 5.11 Å². The van der Waals surface area contributed by atoms with Gasteiger partial charge in [-0.1, -0.05) is 35.9 Å². The number of hydrogen-bond donors (Lipinski definition) is 1. The number of rotatable bonds is 1. The minimum atomic E-state index is -0.434. The van der Waals surface area contributed by atoms with Gasteiger partial charge in [-0.3, -0.25) is 0 Å². The molecule has 1 aromatic rings. The van der Waals surface area contributed by atoms with Crippen LogP contribution in [-0.4, -0.2) is 11.2 Å². The largest absolute Gasteiger partial charge is 0.389 e. The summed E-state index contributed by atoms with van der Waals surface area (Å²) in [6, 6.07) is 8.11. The molecule has 74 valence electrons. The van der Waals surface area contributed by atoms with Gasteiger partial charge in [-0.25, -0.2) is 0 Å². The maximum absolute atomic E-state index is 9.53. The average molecular weight is 209 g/mol. The predicted octanol–water partition coefficient (Wildman–Crippen LogP) is 2.96. The minimum Gasteiger partial charge on any atom is -0.389 e. The molecule has 0 saturated carbocycles. The molecule has 2 rings (SSSR count). The van der Waals surface area contributed by atoms with Gasteiger partial charge in [0, 0.05) is 5.03 Å². The molecule has 0 radical (unpaired) electrons. The molecule has 1 aromatic carbocycles. The van der Waals surface area contributed by atoms with Crippen molar-refractivity contribution in [3.63, 3.8) is 0 Å². The first kappa shape index (κ1) is 9.75. The zero-order valence-corrected chi connectivity index (χ0v) is 8.88. The second-order valence-corrected chi connectivity index (χ2v) is 4.05. The molecule has 2 heteroatoms. The Bertz CT molecular complexity index is 380. The average Bonchev–Trinajstić information content (AvgIpc) is 2.18. The zero-order chi connectivity index (χ0) is 10.1. The lowest BCUT2D eigenvalue weighted by Gasteiger charge is -2.21. The molecule has 1 nitrogen and oxygen atoms in total. The van der Waals surface area contributed by atoms with E-state index in [1.807, 2.05) is 18.2 Å². The number of aryl methyl sites for hydroxylation is 1. The molecular weight excluding hydrogens is 196 g/mol. The topological polar surface area (TPSA) is 20.2 Å². The Balaban J connectivity index is 2.51. The first-order valence-corrected chi connectivity index (χ1v) is 5.23. The van der Waals surface area contributed by atoms with Crippen molar-refractivity contribution in [3.8, 4) is 0 Å². The molecule has 1 aliphatic carbocycles. The first-order chi connectivity index (χ1) is 6.70. The van der Waals surface area contributed by atoms with E-state index in [1.54, 1.807) is 6.92 Å². The van der Waals surface area contributed by atoms with Gasteiger partial charge in [-0.15, -0.1) is 0 Å². The van der Waals surface area contributed by atoms with Crippen LogP contribution in [0.1, 0.15) is 24.5 Å². The van der Waals surface area contributed by atoms with Crippen molar-refractivity contribution < 1.29 is 5.11 Å². The molecule has 14 heavy (non-hydrogen) atoms. The maximum atomic E-state index is 9.53.